The molecule has 0 aliphatic rings. The second-order valence-corrected chi connectivity index (χ2v) is 3.48. The topological polar surface area (TPSA) is 9.23 Å². The van der Waals surface area contributed by atoms with Crippen LogP contribution in [0.1, 0.15) is 26.7 Å². The first-order chi connectivity index (χ1) is 4.68. The number of hydrogen-bond acceptors (Lipinski definition) is 1. The van der Waals surface area contributed by atoms with Crippen molar-refractivity contribution in [2.24, 2.45) is 5.92 Å². The number of hydrogen-bond donors (Lipinski definition) is 0. The lowest BCUT2D eigenvalue weighted by Crippen LogP contribution is -2.07. The van der Waals surface area contributed by atoms with Crippen LogP contribution >= 0.6 is 11.6 Å². The van der Waals surface area contributed by atoms with E-state index in [0.29, 0.717) is 5.92 Å². The first-order valence-electron chi connectivity index (χ1n) is 3.81. The van der Waals surface area contributed by atoms with Crippen molar-refractivity contribution in [3.8, 4) is 0 Å². The van der Waals surface area contributed by atoms with Crippen molar-refractivity contribution in [3.63, 3.8) is 0 Å². The highest BCUT2D eigenvalue weighted by atomic mass is 35.5. The number of rotatable bonds is 5. The van der Waals surface area contributed by atoms with Gasteiger partial charge in [-0.1, -0.05) is 6.92 Å². The van der Waals surface area contributed by atoms with Crippen LogP contribution in [-0.2, 0) is 4.74 Å². The molecule has 0 rings (SSSR count). The Labute approximate surface area is 68.7 Å². The third-order valence-electron chi connectivity index (χ3n) is 1.79. The van der Waals surface area contributed by atoms with Crippen LogP contribution in [0.3, 0.4) is 0 Å². The fourth-order valence-electron chi connectivity index (χ4n) is 0.779. The zero-order chi connectivity index (χ0) is 7.98. The molecule has 0 radical (unpaired) electrons. The van der Waals surface area contributed by atoms with Gasteiger partial charge in [-0.25, -0.2) is 0 Å². The summed E-state index contributed by atoms with van der Waals surface area (Å²) >= 11 is 5.87. The second kappa shape index (κ2) is 5.99. The molecular weight excluding hydrogens is 148 g/mol. The van der Waals surface area contributed by atoms with Crippen LogP contribution in [-0.4, -0.2) is 19.1 Å². The zero-order valence-electron chi connectivity index (χ0n) is 7.06. The minimum absolute atomic E-state index is 0.289. The highest BCUT2D eigenvalue weighted by Crippen LogP contribution is 2.14. The summed E-state index contributed by atoms with van der Waals surface area (Å²) in [7, 11) is 1.73. The summed E-state index contributed by atoms with van der Waals surface area (Å²) in [6, 6.07) is 0. The molecule has 0 aliphatic carbocycles. The van der Waals surface area contributed by atoms with E-state index in [0.717, 1.165) is 13.0 Å². The summed E-state index contributed by atoms with van der Waals surface area (Å²) in [6.45, 7) is 5.07. The van der Waals surface area contributed by atoms with Gasteiger partial charge in [-0.05, 0) is 25.7 Å². The summed E-state index contributed by atoms with van der Waals surface area (Å²) in [5, 5.41) is 0.289. The Bertz CT molecular complexity index is 73.7. The second-order valence-electron chi connectivity index (χ2n) is 2.79. The Hall–Kier alpha value is 0.250. The molecule has 0 aromatic rings. The normalized spacial score (nSPS) is 16.8. The van der Waals surface area contributed by atoms with E-state index in [4.69, 9.17) is 16.3 Å². The number of ether oxygens (including phenoxy) is 1. The number of alkyl halides is 1. The molecule has 10 heavy (non-hydrogen) atoms. The van der Waals surface area contributed by atoms with Crippen LogP contribution in [0, 0.1) is 5.92 Å². The van der Waals surface area contributed by atoms with Crippen LogP contribution in [0.4, 0.5) is 0 Å². The molecule has 0 spiro atoms. The lowest BCUT2D eigenvalue weighted by molar-refractivity contribution is 0.187. The molecule has 0 aromatic carbocycles. The quantitative estimate of drug-likeness (QED) is 0.449. The predicted octanol–water partition coefficient (Wildman–Crippen LogP) is 2.68. The molecule has 0 saturated carbocycles. The molecule has 0 aliphatic heterocycles. The minimum atomic E-state index is 0.289. The van der Waals surface area contributed by atoms with Crippen molar-refractivity contribution >= 4 is 11.6 Å². The third kappa shape index (κ3) is 5.07. The van der Waals surface area contributed by atoms with Gasteiger partial charge in [0.2, 0.25) is 0 Å². The molecule has 0 aromatic heterocycles. The van der Waals surface area contributed by atoms with E-state index >= 15 is 0 Å². The predicted molar refractivity (Wildman–Crippen MR) is 45.6 cm³/mol. The molecule has 2 heteroatoms. The molecule has 0 bridgehead atoms. The van der Waals surface area contributed by atoms with Crippen LogP contribution in [0.5, 0.6) is 0 Å². The van der Waals surface area contributed by atoms with Crippen molar-refractivity contribution in [1.29, 1.82) is 0 Å². The van der Waals surface area contributed by atoms with Crippen molar-refractivity contribution in [1.82, 2.24) is 0 Å². The van der Waals surface area contributed by atoms with Crippen molar-refractivity contribution in [2.75, 3.05) is 13.7 Å². The monoisotopic (exact) mass is 164 g/mol. The maximum atomic E-state index is 5.87. The van der Waals surface area contributed by atoms with Crippen molar-refractivity contribution in [3.05, 3.63) is 0 Å². The Morgan fingerprint density at radius 3 is 2.40 bits per heavy atom. The van der Waals surface area contributed by atoms with Crippen LogP contribution in [0.15, 0.2) is 0 Å². The molecule has 0 heterocycles. The fraction of sp³-hybridized carbons (Fsp3) is 1.00. The molecule has 2 unspecified atom stereocenters. The lowest BCUT2D eigenvalue weighted by Gasteiger charge is -2.12. The molecule has 0 saturated heterocycles. The average Bonchev–Trinajstić information content (AvgIpc) is 1.88. The highest BCUT2D eigenvalue weighted by molar-refractivity contribution is 6.20. The SMILES string of the molecule is COCCCC(C)C(C)Cl. The minimum Gasteiger partial charge on any atom is -0.385 e. The molecule has 1 nitrogen and oxygen atoms in total. The van der Waals surface area contributed by atoms with Crippen molar-refractivity contribution < 1.29 is 4.74 Å². The van der Waals surface area contributed by atoms with Crippen LogP contribution in [0.2, 0.25) is 0 Å². The maximum Gasteiger partial charge on any atom is 0.0462 e. The van der Waals surface area contributed by atoms with Gasteiger partial charge in [0.05, 0.1) is 0 Å². The van der Waals surface area contributed by atoms with E-state index in [2.05, 4.69) is 6.92 Å². The van der Waals surface area contributed by atoms with Gasteiger partial charge in [-0.3, -0.25) is 0 Å². The van der Waals surface area contributed by atoms with E-state index in [9.17, 15) is 0 Å². The van der Waals surface area contributed by atoms with E-state index in [1.165, 1.54) is 6.42 Å². The maximum absolute atomic E-state index is 5.87. The first kappa shape index (κ1) is 10.2. The van der Waals surface area contributed by atoms with Crippen molar-refractivity contribution in [2.45, 2.75) is 32.1 Å². The van der Waals surface area contributed by atoms with E-state index in [1.807, 2.05) is 6.92 Å². The summed E-state index contributed by atoms with van der Waals surface area (Å²) in [6.07, 6.45) is 2.28. The van der Waals surface area contributed by atoms with Gasteiger partial charge in [0.1, 0.15) is 0 Å². The Balaban J connectivity index is 3.13. The van der Waals surface area contributed by atoms with Gasteiger partial charge in [-0.15, -0.1) is 11.6 Å². The van der Waals surface area contributed by atoms with Gasteiger partial charge in [-0.2, -0.15) is 0 Å². The average molecular weight is 165 g/mol. The van der Waals surface area contributed by atoms with E-state index < -0.39 is 0 Å². The summed E-state index contributed by atoms with van der Waals surface area (Å²) in [5.74, 6) is 0.608. The first-order valence-corrected chi connectivity index (χ1v) is 4.25. The highest BCUT2D eigenvalue weighted by Gasteiger charge is 2.07. The van der Waals surface area contributed by atoms with Crippen LogP contribution in [0.25, 0.3) is 0 Å². The fourth-order valence-corrected chi connectivity index (χ4v) is 0.905. The van der Waals surface area contributed by atoms with Crippen LogP contribution < -0.4 is 0 Å². The molecule has 62 valence electrons. The van der Waals surface area contributed by atoms with E-state index in [1.54, 1.807) is 7.11 Å². The summed E-state index contributed by atoms with van der Waals surface area (Å²) < 4.78 is 4.93. The van der Waals surface area contributed by atoms with Gasteiger partial charge < -0.3 is 4.74 Å². The third-order valence-corrected chi connectivity index (χ3v) is 2.22. The largest absolute Gasteiger partial charge is 0.385 e. The van der Waals surface area contributed by atoms with Gasteiger partial charge >= 0.3 is 0 Å². The Morgan fingerprint density at radius 1 is 1.40 bits per heavy atom. The molecule has 0 fully saturated rings. The molecule has 0 amide bonds. The lowest BCUT2D eigenvalue weighted by atomic mass is 10.0. The Morgan fingerprint density at radius 2 is 2.00 bits per heavy atom. The summed E-state index contributed by atoms with van der Waals surface area (Å²) in [4.78, 5) is 0. The smallest absolute Gasteiger partial charge is 0.0462 e. The van der Waals surface area contributed by atoms with Gasteiger partial charge in [0, 0.05) is 19.1 Å². The number of halogens is 1. The number of methoxy groups -OCH3 is 1. The zero-order valence-corrected chi connectivity index (χ0v) is 7.82. The van der Waals surface area contributed by atoms with Gasteiger partial charge in [0.25, 0.3) is 0 Å². The Kier molecular flexibility index (Phi) is 6.14. The van der Waals surface area contributed by atoms with E-state index in [-0.39, 0.29) is 5.38 Å². The standard InChI is InChI=1S/C8H17ClO/c1-7(8(2)9)5-4-6-10-3/h7-8H,4-6H2,1-3H3. The molecule has 2 atom stereocenters. The molecular formula is C8H17ClO. The molecule has 0 N–H and O–H groups in total. The van der Waals surface area contributed by atoms with Gasteiger partial charge in [0.15, 0.2) is 0 Å². The summed E-state index contributed by atoms with van der Waals surface area (Å²) in [5.41, 5.74) is 0.